The second kappa shape index (κ2) is 7.62. The number of fused-ring (bicyclic) bond motifs is 1. The standard InChI is InChI=1S/C15H17N3O3S3/c1-3-21-14(20)12-9-5-4-6-10(9)24-13(12)16-11(19)7-22-15-18-17-8(2)23-15/h3-7H2,1-2H3,(H,16,19). The van der Waals surface area contributed by atoms with Crippen LogP contribution in [0.4, 0.5) is 5.00 Å². The van der Waals surface area contributed by atoms with E-state index >= 15 is 0 Å². The van der Waals surface area contributed by atoms with Gasteiger partial charge in [0.1, 0.15) is 10.0 Å². The molecular weight excluding hydrogens is 366 g/mol. The number of nitrogens with zero attached hydrogens (tertiary/aromatic N) is 2. The molecule has 3 rings (SSSR count). The van der Waals surface area contributed by atoms with Crippen molar-refractivity contribution in [3.63, 3.8) is 0 Å². The largest absolute Gasteiger partial charge is 0.462 e. The van der Waals surface area contributed by atoms with Crippen LogP contribution >= 0.6 is 34.4 Å². The molecule has 0 aliphatic heterocycles. The molecule has 1 amide bonds. The van der Waals surface area contributed by atoms with E-state index in [1.165, 1.54) is 39.3 Å². The summed E-state index contributed by atoms with van der Waals surface area (Å²) in [5.41, 5.74) is 1.58. The zero-order chi connectivity index (χ0) is 17.1. The number of nitrogens with one attached hydrogen (secondary N) is 1. The highest BCUT2D eigenvalue weighted by Gasteiger charge is 2.28. The fraction of sp³-hybridized carbons (Fsp3) is 0.467. The summed E-state index contributed by atoms with van der Waals surface area (Å²) in [7, 11) is 0. The SMILES string of the molecule is CCOC(=O)c1c(NC(=O)CSc2nnc(C)s2)sc2c1CCC2. The van der Waals surface area contributed by atoms with Crippen LogP contribution in [0.1, 0.15) is 39.2 Å². The topological polar surface area (TPSA) is 81.2 Å². The van der Waals surface area contributed by atoms with E-state index < -0.39 is 0 Å². The first-order valence-electron chi connectivity index (χ1n) is 7.63. The molecule has 2 aromatic rings. The van der Waals surface area contributed by atoms with Crippen LogP contribution in [-0.2, 0) is 22.4 Å². The lowest BCUT2D eigenvalue weighted by atomic mass is 10.1. The van der Waals surface area contributed by atoms with Crippen LogP contribution in [0.2, 0.25) is 0 Å². The first-order valence-corrected chi connectivity index (χ1v) is 10.2. The van der Waals surface area contributed by atoms with Crippen molar-refractivity contribution in [3.8, 4) is 0 Å². The predicted octanol–water partition coefficient (Wildman–Crippen LogP) is 3.30. The number of rotatable bonds is 6. The van der Waals surface area contributed by atoms with Crippen LogP contribution < -0.4 is 5.32 Å². The highest BCUT2D eigenvalue weighted by molar-refractivity contribution is 8.01. The molecule has 0 fully saturated rings. The van der Waals surface area contributed by atoms with Gasteiger partial charge in [-0.15, -0.1) is 21.5 Å². The smallest absolute Gasteiger partial charge is 0.341 e. The molecule has 9 heteroatoms. The van der Waals surface area contributed by atoms with E-state index in [2.05, 4.69) is 15.5 Å². The summed E-state index contributed by atoms with van der Waals surface area (Å²) in [5, 5.41) is 12.3. The molecule has 2 heterocycles. The zero-order valence-corrected chi connectivity index (χ0v) is 15.8. The normalized spacial score (nSPS) is 12.9. The van der Waals surface area contributed by atoms with Gasteiger partial charge in [0.25, 0.3) is 0 Å². The first kappa shape index (κ1) is 17.4. The van der Waals surface area contributed by atoms with Gasteiger partial charge in [-0.25, -0.2) is 4.79 Å². The minimum Gasteiger partial charge on any atom is -0.462 e. The van der Waals surface area contributed by atoms with E-state index in [1.54, 1.807) is 6.92 Å². The molecule has 2 aromatic heterocycles. The molecule has 128 valence electrons. The monoisotopic (exact) mass is 383 g/mol. The van der Waals surface area contributed by atoms with Gasteiger partial charge in [-0.2, -0.15) is 0 Å². The van der Waals surface area contributed by atoms with Crippen molar-refractivity contribution in [2.75, 3.05) is 17.7 Å². The Hall–Kier alpha value is -1.45. The number of anilines is 1. The molecule has 0 saturated heterocycles. The van der Waals surface area contributed by atoms with Gasteiger partial charge in [-0.05, 0) is 38.7 Å². The first-order chi connectivity index (χ1) is 11.6. The second-order valence-electron chi connectivity index (χ2n) is 5.21. The van der Waals surface area contributed by atoms with Crippen molar-refractivity contribution < 1.29 is 14.3 Å². The predicted molar refractivity (Wildman–Crippen MR) is 96.3 cm³/mol. The van der Waals surface area contributed by atoms with Crippen LogP contribution in [0.5, 0.6) is 0 Å². The molecule has 0 atom stereocenters. The zero-order valence-electron chi connectivity index (χ0n) is 13.4. The average Bonchev–Trinajstić information content (AvgIpc) is 3.21. The third-order valence-corrected chi connectivity index (χ3v) is 6.67. The van der Waals surface area contributed by atoms with Crippen LogP contribution in [0.25, 0.3) is 0 Å². The van der Waals surface area contributed by atoms with Crippen molar-refractivity contribution in [2.45, 2.75) is 37.4 Å². The van der Waals surface area contributed by atoms with E-state index in [-0.39, 0.29) is 17.6 Å². The van der Waals surface area contributed by atoms with Gasteiger partial charge < -0.3 is 10.1 Å². The van der Waals surface area contributed by atoms with Crippen molar-refractivity contribution >= 4 is 51.3 Å². The maximum absolute atomic E-state index is 12.3. The van der Waals surface area contributed by atoms with Crippen molar-refractivity contribution in [1.29, 1.82) is 0 Å². The Kier molecular flexibility index (Phi) is 5.52. The van der Waals surface area contributed by atoms with Gasteiger partial charge in [0.05, 0.1) is 17.9 Å². The number of aromatic nitrogens is 2. The summed E-state index contributed by atoms with van der Waals surface area (Å²) >= 11 is 4.29. The third-order valence-electron chi connectivity index (χ3n) is 3.49. The lowest BCUT2D eigenvalue weighted by Gasteiger charge is -2.07. The fourth-order valence-corrected chi connectivity index (χ4v) is 5.45. The Balaban J connectivity index is 1.70. The molecular formula is C15H17N3O3S3. The number of carbonyl (C=O) groups is 2. The Bertz CT molecular complexity index is 769. The van der Waals surface area contributed by atoms with Gasteiger partial charge >= 0.3 is 5.97 Å². The van der Waals surface area contributed by atoms with Gasteiger partial charge in [-0.1, -0.05) is 23.1 Å². The molecule has 0 unspecified atom stereocenters. The van der Waals surface area contributed by atoms with Crippen molar-refractivity contribution in [3.05, 3.63) is 21.0 Å². The molecule has 0 radical (unpaired) electrons. The molecule has 0 bridgehead atoms. The van der Waals surface area contributed by atoms with E-state index in [1.807, 2.05) is 6.92 Å². The van der Waals surface area contributed by atoms with Gasteiger partial charge in [0, 0.05) is 4.88 Å². The number of ether oxygens (including phenoxy) is 1. The Morgan fingerprint density at radius 3 is 2.83 bits per heavy atom. The number of carbonyl (C=O) groups excluding carboxylic acids is 2. The summed E-state index contributed by atoms with van der Waals surface area (Å²) < 4.78 is 5.93. The molecule has 1 N–H and O–H groups in total. The van der Waals surface area contributed by atoms with Crippen LogP contribution in [0.15, 0.2) is 4.34 Å². The maximum atomic E-state index is 12.3. The summed E-state index contributed by atoms with van der Waals surface area (Å²) in [5.74, 6) is -0.266. The molecule has 6 nitrogen and oxygen atoms in total. The van der Waals surface area contributed by atoms with Gasteiger partial charge in [0.15, 0.2) is 4.34 Å². The molecule has 0 saturated carbocycles. The summed E-state index contributed by atoms with van der Waals surface area (Å²) in [6, 6.07) is 0. The Labute approximate surface area is 152 Å². The second-order valence-corrected chi connectivity index (χ2v) is 8.72. The number of hydrogen-bond acceptors (Lipinski definition) is 8. The van der Waals surface area contributed by atoms with Crippen LogP contribution in [0, 0.1) is 6.92 Å². The average molecular weight is 384 g/mol. The van der Waals surface area contributed by atoms with E-state index in [0.29, 0.717) is 17.2 Å². The Morgan fingerprint density at radius 2 is 2.12 bits per heavy atom. The fourth-order valence-electron chi connectivity index (χ4n) is 2.54. The van der Waals surface area contributed by atoms with Crippen LogP contribution in [0.3, 0.4) is 0 Å². The number of hydrogen-bond donors (Lipinski definition) is 1. The summed E-state index contributed by atoms with van der Waals surface area (Å²) in [4.78, 5) is 25.7. The highest BCUT2D eigenvalue weighted by Crippen LogP contribution is 2.39. The minimum atomic E-state index is -0.348. The van der Waals surface area contributed by atoms with Crippen LogP contribution in [-0.4, -0.2) is 34.4 Å². The van der Waals surface area contributed by atoms with E-state index in [4.69, 9.17) is 4.74 Å². The molecule has 0 spiro atoms. The van der Waals surface area contributed by atoms with E-state index in [9.17, 15) is 9.59 Å². The minimum absolute atomic E-state index is 0.154. The Morgan fingerprint density at radius 1 is 1.29 bits per heavy atom. The summed E-state index contributed by atoms with van der Waals surface area (Å²) in [6.07, 6.45) is 2.88. The number of aryl methyl sites for hydroxylation is 2. The highest BCUT2D eigenvalue weighted by atomic mass is 32.2. The molecule has 0 aromatic carbocycles. The molecule has 1 aliphatic carbocycles. The lowest BCUT2D eigenvalue weighted by molar-refractivity contribution is -0.113. The molecule has 1 aliphatic rings. The number of amides is 1. The quantitative estimate of drug-likeness (QED) is 0.609. The molecule has 24 heavy (non-hydrogen) atoms. The number of thioether (sulfide) groups is 1. The third kappa shape index (κ3) is 3.79. The number of esters is 1. The number of thiophene rings is 1. The van der Waals surface area contributed by atoms with Gasteiger partial charge in [-0.3, -0.25) is 4.79 Å². The van der Waals surface area contributed by atoms with E-state index in [0.717, 1.165) is 34.2 Å². The lowest BCUT2D eigenvalue weighted by Crippen LogP contribution is -2.16. The van der Waals surface area contributed by atoms with Crippen molar-refractivity contribution in [1.82, 2.24) is 10.2 Å². The van der Waals surface area contributed by atoms with Crippen molar-refractivity contribution in [2.24, 2.45) is 0 Å². The summed E-state index contributed by atoms with van der Waals surface area (Å²) in [6.45, 7) is 3.98. The van der Waals surface area contributed by atoms with Gasteiger partial charge in [0.2, 0.25) is 5.91 Å². The maximum Gasteiger partial charge on any atom is 0.341 e.